The minimum Gasteiger partial charge on any atom is -0.388 e. The van der Waals surface area contributed by atoms with E-state index in [4.69, 9.17) is 0 Å². The Labute approximate surface area is 127 Å². The number of aliphatic hydroxyl groups excluding tert-OH is 1. The number of aliphatic hydroxyl groups is 1. The fourth-order valence-corrected chi connectivity index (χ4v) is 2.43. The first-order valence-electron chi connectivity index (χ1n) is 6.79. The smallest absolute Gasteiger partial charge is 0.321 e. The number of aryl methyl sites for hydroxylation is 1. The minimum absolute atomic E-state index is 0.339. The van der Waals surface area contributed by atoms with Gasteiger partial charge >= 0.3 is 6.03 Å². The second kappa shape index (κ2) is 7.70. The van der Waals surface area contributed by atoms with Gasteiger partial charge in [-0.15, -0.1) is 10.2 Å². The molecule has 0 aliphatic carbocycles. The monoisotopic (exact) mass is 306 g/mol. The van der Waals surface area contributed by atoms with Crippen LogP contribution >= 0.6 is 11.3 Å². The molecule has 0 saturated carbocycles. The van der Waals surface area contributed by atoms with Gasteiger partial charge < -0.3 is 10.4 Å². The SMILES string of the molecule is CCc1nnc(NC(=O)NCCC(O)c2ccccc2)s1. The maximum atomic E-state index is 11.7. The van der Waals surface area contributed by atoms with Crippen molar-refractivity contribution >= 4 is 22.5 Å². The molecule has 1 aromatic heterocycles. The van der Waals surface area contributed by atoms with E-state index in [1.54, 1.807) is 0 Å². The summed E-state index contributed by atoms with van der Waals surface area (Å²) in [6, 6.07) is 9.03. The Kier molecular flexibility index (Phi) is 5.65. The number of nitrogens with zero attached hydrogens (tertiary/aromatic N) is 2. The molecule has 7 heteroatoms. The second-order valence-corrected chi connectivity index (χ2v) is 5.51. The molecular formula is C14H18N4O2S. The Bertz CT molecular complexity index is 573. The Morgan fingerprint density at radius 1 is 1.33 bits per heavy atom. The first-order valence-corrected chi connectivity index (χ1v) is 7.61. The van der Waals surface area contributed by atoms with Gasteiger partial charge in [-0.25, -0.2) is 4.79 Å². The molecule has 2 aromatic rings. The first-order chi connectivity index (χ1) is 10.2. The van der Waals surface area contributed by atoms with Gasteiger partial charge in [0.25, 0.3) is 0 Å². The van der Waals surface area contributed by atoms with Crippen molar-refractivity contribution in [3.05, 3.63) is 40.9 Å². The molecule has 1 heterocycles. The molecule has 0 spiro atoms. The molecule has 0 aliphatic heterocycles. The lowest BCUT2D eigenvalue weighted by Gasteiger charge is -2.11. The van der Waals surface area contributed by atoms with E-state index in [0.717, 1.165) is 17.0 Å². The van der Waals surface area contributed by atoms with E-state index in [1.807, 2.05) is 37.3 Å². The maximum absolute atomic E-state index is 11.7. The number of anilines is 1. The Morgan fingerprint density at radius 2 is 2.10 bits per heavy atom. The van der Waals surface area contributed by atoms with Crippen LogP contribution in [0.2, 0.25) is 0 Å². The number of hydrogen-bond acceptors (Lipinski definition) is 5. The van der Waals surface area contributed by atoms with Crippen LogP contribution in [-0.2, 0) is 6.42 Å². The number of nitrogens with one attached hydrogen (secondary N) is 2. The van der Waals surface area contributed by atoms with Gasteiger partial charge in [-0.05, 0) is 18.4 Å². The number of amides is 2. The van der Waals surface area contributed by atoms with Gasteiger partial charge in [-0.1, -0.05) is 48.6 Å². The summed E-state index contributed by atoms with van der Waals surface area (Å²) < 4.78 is 0. The summed E-state index contributed by atoms with van der Waals surface area (Å²) in [4.78, 5) is 11.7. The molecule has 0 bridgehead atoms. The Morgan fingerprint density at radius 3 is 2.76 bits per heavy atom. The summed E-state index contributed by atoms with van der Waals surface area (Å²) in [5.41, 5.74) is 0.844. The van der Waals surface area contributed by atoms with Gasteiger partial charge in [-0.2, -0.15) is 0 Å². The normalized spacial score (nSPS) is 11.9. The zero-order valence-electron chi connectivity index (χ0n) is 11.7. The Balaban J connectivity index is 1.72. The van der Waals surface area contributed by atoms with Crippen LogP contribution in [0.5, 0.6) is 0 Å². The number of rotatable bonds is 6. The highest BCUT2D eigenvalue weighted by molar-refractivity contribution is 7.15. The van der Waals surface area contributed by atoms with E-state index in [-0.39, 0.29) is 6.03 Å². The molecule has 0 aliphatic rings. The van der Waals surface area contributed by atoms with Crippen LogP contribution in [0, 0.1) is 0 Å². The van der Waals surface area contributed by atoms with Crippen LogP contribution in [0.1, 0.15) is 30.0 Å². The van der Waals surface area contributed by atoms with Gasteiger partial charge in [-0.3, -0.25) is 5.32 Å². The highest BCUT2D eigenvalue weighted by Gasteiger charge is 2.09. The highest BCUT2D eigenvalue weighted by Crippen LogP contribution is 2.16. The molecule has 21 heavy (non-hydrogen) atoms. The minimum atomic E-state index is -0.584. The lowest BCUT2D eigenvalue weighted by molar-refractivity contribution is 0.167. The van der Waals surface area contributed by atoms with Crippen LogP contribution in [0.15, 0.2) is 30.3 Å². The van der Waals surface area contributed by atoms with Gasteiger partial charge in [0.15, 0.2) is 0 Å². The van der Waals surface area contributed by atoms with Gasteiger partial charge in [0.2, 0.25) is 5.13 Å². The van der Waals surface area contributed by atoms with Gasteiger partial charge in [0.05, 0.1) is 6.10 Å². The van der Waals surface area contributed by atoms with Crippen molar-refractivity contribution in [2.45, 2.75) is 25.9 Å². The van der Waals surface area contributed by atoms with Gasteiger partial charge in [0.1, 0.15) is 5.01 Å². The van der Waals surface area contributed by atoms with Crippen LogP contribution in [0.3, 0.4) is 0 Å². The molecule has 0 saturated heterocycles. The molecule has 3 N–H and O–H groups in total. The van der Waals surface area contributed by atoms with Crippen molar-refractivity contribution in [1.29, 1.82) is 0 Å². The van der Waals surface area contributed by atoms with Crippen molar-refractivity contribution in [2.75, 3.05) is 11.9 Å². The average Bonchev–Trinajstić information content (AvgIpc) is 2.95. The maximum Gasteiger partial charge on any atom is 0.321 e. The van der Waals surface area contributed by atoms with Crippen molar-refractivity contribution in [3.8, 4) is 0 Å². The van der Waals surface area contributed by atoms with Crippen molar-refractivity contribution in [1.82, 2.24) is 15.5 Å². The first kappa shape index (κ1) is 15.4. The molecule has 1 aromatic carbocycles. The highest BCUT2D eigenvalue weighted by atomic mass is 32.1. The van der Waals surface area contributed by atoms with E-state index in [0.29, 0.717) is 18.1 Å². The quantitative estimate of drug-likeness (QED) is 0.764. The third-order valence-corrected chi connectivity index (χ3v) is 3.86. The topological polar surface area (TPSA) is 87.1 Å². The van der Waals surface area contributed by atoms with Gasteiger partial charge in [0, 0.05) is 6.54 Å². The fourth-order valence-electron chi connectivity index (χ4n) is 1.75. The molecule has 0 fully saturated rings. The number of carbonyl (C=O) groups is 1. The van der Waals surface area contributed by atoms with E-state index < -0.39 is 6.10 Å². The van der Waals surface area contributed by atoms with Crippen LogP contribution in [0.4, 0.5) is 9.93 Å². The zero-order valence-corrected chi connectivity index (χ0v) is 12.6. The molecule has 2 rings (SSSR count). The standard InChI is InChI=1S/C14H18N4O2S/c1-2-12-17-18-14(21-12)16-13(20)15-9-8-11(19)10-6-4-3-5-7-10/h3-7,11,19H,2,8-9H2,1H3,(H2,15,16,18,20). The molecule has 6 nitrogen and oxygen atoms in total. The van der Waals surface area contributed by atoms with Crippen molar-refractivity contribution < 1.29 is 9.90 Å². The third-order valence-electron chi connectivity index (χ3n) is 2.88. The second-order valence-electron chi connectivity index (χ2n) is 4.45. The fraction of sp³-hybridized carbons (Fsp3) is 0.357. The largest absolute Gasteiger partial charge is 0.388 e. The summed E-state index contributed by atoms with van der Waals surface area (Å²) in [5, 5.41) is 24.4. The van der Waals surface area contributed by atoms with Crippen molar-refractivity contribution in [2.24, 2.45) is 0 Å². The summed E-state index contributed by atoms with van der Waals surface area (Å²) in [6.07, 6.45) is 0.664. The van der Waals surface area contributed by atoms with Crippen LogP contribution in [0.25, 0.3) is 0 Å². The van der Waals surface area contributed by atoms with Crippen molar-refractivity contribution in [3.63, 3.8) is 0 Å². The van der Waals surface area contributed by atoms with E-state index in [9.17, 15) is 9.90 Å². The predicted molar refractivity (Wildman–Crippen MR) is 82.3 cm³/mol. The summed E-state index contributed by atoms with van der Waals surface area (Å²) in [6.45, 7) is 2.36. The summed E-state index contributed by atoms with van der Waals surface area (Å²) in [5.74, 6) is 0. The summed E-state index contributed by atoms with van der Waals surface area (Å²) in [7, 11) is 0. The number of hydrogen-bond donors (Lipinski definition) is 3. The lowest BCUT2D eigenvalue weighted by Crippen LogP contribution is -2.30. The van der Waals surface area contributed by atoms with E-state index >= 15 is 0 Å². The van der Waals surface area contributed by atoms with E-state index in [2.05, 4.69) is 20.8 Å². The van der Waals surface area contributed by atoms with Crippen LogP contribution < -0.4 is 10.6 Å². The molecule has 1 atom stereocenters. The molecular weight excluding hydrogens is 288 g/mol. The van der Waals surface area contributed by atoms with Crippen LogP contribution in [-0.4, -0.2) is 27.9 Å². The lowest BCUT2D eigenvalue weighted by atomic mass is 10.1. The number of benzene rings is 1. The summed E-state index contributed by atoms with van der Waals surface area (Å²) >= 11 is 1.35. The third kappa shape index (κ3) is 4.80. The zero-order chi connectivity index (χ0) is 15.1. The molecule has 1 unspecified atom stereocenters. The molecule has 112 valence electrons. The number of aromatic nitrogens is 2. The van der Waals surface area contributed by atoms with E-state index in [1.165, 1.54) is 11.3 Å². The number of urea groups is 1. The average molecular weight is 306 g/mol. The molecule has 0 radical (unpaired) electrons. The molecule has 2 amide bonds. The predicted octanol–water partition coefficient (Wildman–Crippen LogP) is 2.35. The number of carbonyl (C=O) groups excluding carboxylic acids is 1. The Hall–Kier alpha value is -1.99.